The first-order valence-corrected chi connectivity index (χ1v) is 7.49. The lowest BCUT2D eigenvalue weighted by molar-refractivity contribution is 0.682. The van der Waals surface area contributed by atoms with Gasteiger partial charge in [0.25, 0.3) is 0 Å². The lowest BCUT2D eigenvalue weighted by Crippen LogP contribution is -2.38. The number of nitrogens with zero attached hydrogens (tertiary/aromatic N) is 2. The van der Waals surface area contributed by atoms with E-state index in [2.05, 4.69) is 32.9 Å². The second kappa shape index (κ2) is 8.91. The van der Waals surface area contributed by atoms with E-state index in [0.717, 1.165) is 36.2 Å². The second-order valence-corrected chi connectivity index (χ2v) is 5.30. The summed E-state index contributed by atoms with van der Waals surface area (Å²) in [4.78, 5) is 8.64. The molecular formula is C13H24N4S. The minimum absolute atomic E-state index is 0.872. The molecule has 1 heterocycles. The van der Waals surface area contributed by atoms with E-state index in [1.54, 1.807) is 11.3 Å². The molecule has 0 fully saturated rings. The lowest BCUT2D eigenvalue weighted by Gasteiger charge is -2.10. The van der Waals surface area contributed by atoms with Gasteiger partial charge in [-0.1, -0.05) is 19.8 Å². The fraction of sp³-hybridized carbons (Fsp3) is 0.692. The van der Waals surface area contributed by atoms with E-state index in [-0.39, 0.29) is 0 Å². The molecule has 0 aliphatic rings. The molecule has 0 saturated carbocycles. The smallest absolute Gasteiger partial charge is 0.190 e. The van der Waals surface area contributed by atoms with Crippen molar-refractivity contribution in [3.63, 3.8) is 0 Å². The van der Waals surface area contributed by atoms with Gasteiger partial charge in [0.1, 0.15) is 0 Å². The third kappa shape index (κ3) is 6.00. The number of hydrogen-bond donors (Lipinski definition) is 2. The van der Waals surface area contributed by atoms with Crippen LogP contribution < -0.4 is 10.6 Å². The molecule has 102 valence electrons. The quantitative estimate of drug-likeness (QED) is 0.453. The van der Waals surface area contributed by atoms with Crippen LogP contribution in [0.1, 0.15) is 36.9 Å². The van der Waals surface area contributed by atoms with Gasteiger partial charge in [-0.05, 0) is 13.3 Å². The highest BCUT2D eigenvalue weighted by atomic mass is 32.1. The molecule has 0 spiro atoms. The minimum atomic E-state index is 0.872. The summed E-state index contributed by atoms with van der Waals surface area (Å²) in [5.74, 6) is 0.887. The number of aryl methyl sites for hydroxylation is 1. The van der Waals surface area contributed by atoms with Gasteiger partial charge in [-0.25, -0.2) is 4.98 Å². The molecule has 0 atom stereocenters. The summed E-state index contributed by atoms with van der Waals surface area (Å²) in [7, 11) is 1.81. The maximum absolute atomic E-state index is 4.44. The number of rotatable bonds is 7. The largest absolute Gasteiger partial charge is 0.356 e. The Morgan fingerprint density at radius 3 is 2.72 bits per heavy atom. The highest BCUT2D eigenvalue weighted by Crippen LogP contribution is 2.07. The van der Waals surface area contributed by atoms with E-state index < -0.39 is 0 Å². The van der Waals surface area contributed by atoms with Crippen LogP contribution in [0.15, 0.2) is 10.4 Å². The van der Waals surface area contributed by atoms with Crippen LogP contribution >= 0.6 is 11.3 Å². The highest BCUT2D eigenvalue weighted by Gasteiger charge is 2.00. The van der Waals surface area contributed by atoms with Crippen molar-refractivity contribution >= 4 is 17.3 Å². The van der Waals surface area contributed by atoms with E-state index >= 15 is 0 Å². The number of hydrogen-bond acceptors (Lipinski definition) is 3. The summed E-state index contributed by atoms with van der Waals surface area (Å²) < 4.78 is 0. The molecule has 5 heteroatoms. The molecular weight excluding hydrogens is 244 g/mol. The molecule has 0 saturated heterocycles. The van der Waals surface area contributed by atoms with E-state index in [1.165, 1.54) is 19.3 Å². The standard InChI is InChI=1S/C13H24N4S/c1-4-5-6-8-15-13(14-3)16-9-7-12-10-18-11(2)17-12/h10H,4-9H2,1-3H3,(H2,14,15,16). The van der Waals surface area contributed by atoms with Crippen molar-refractivity contribution in [1.29, 1.82) is 0 Å². The Hall–Kier alpha value is -1.10. The molecule has 0 bridgehead atoms. The van der Waals surface area contributed by atoms with Crippen molar-refractivity contribution in [2.24, 2.45) is 4.99 Å². The molecule has 0 aliphatic carbocycles. The zero-order chi connectivity index (χ0) is 13.2. The van der Waals surface area contributed by atoms with Gasteiger partial charge in [-0.2, -0.15) is 0 Å². The van der Waals surface area contributed by atoms with Crippen LogP contribution in [0.3, 0.4) is 0 Å². The molecule has 1 aromatic rings. The molecule has 0 amide bonds. The fourth-order valence-corrected chi connectivity index (χ4v) is 2.28. The maximum atomic E-state index is 4.44. The Kier molecular flexibility index (Phi) is 7.41. The molecule has 0 aliphatic heterocycles. The van der Waals surface area contributed by atoms with Crippen molar-refractivity contribution in [3.8, 4) is 0 Å². The Morgan fingerprint density at radius 2 is 2.11 bits per heavy atom. The second-order valence-electron chi connectivity index (χ2n) is 4.24. The van der Waals surface area contributed by atoms with Gasteiger partial charge < -0.3 is 10.6 Å². The first kappa shape index (κ1) is 15.0. The third-order valence-corrected chi connectivity index (χ3v) is 3.46. The normalized spacial score (nSPS) is 11.6. The molecule has 4 nitrogen and oxygen atoms in total. The van der Waals surface area contributed by atoms with Crippen molar-refractivity contribution in [1.82, 2.24) is 15.6 Å². The number of guanidine groups is 1. The summed E-state index contributed by atoms with van der Waals surface area (Å²) in [6.07, 6.45) is 4.65. The van der Waals surface area contributed by atoms with Gasteiger partial charge in [-0.15, -0.1) is 11.3 Å². The van der Waals surface area contributed by atoms with Gasteiger partial charge in [0.05, 0.1) is 10.7 Å². The van der Waals surface area contributed by atoms with Crippen LogP contribution in [0.4, 0.5) is 0 Å². The molecule has 18 heavy (non-hydrogen) atoms. The van der Waals surface area contributed by atoms with Gasteiger partial charge in [0.2, 0.25) is 0 Å². The van der Waals surface area contributed by atoms with Gasteiger partial charge in [-0.3, -0.25) is 4.99 Å². The van der Waals surface area contributed by atoms with Crippen LogP contribution in [-0.2, 0) is 6.42 Å². The minimum Gasteiger partial charge on any atom is -0.356 e. The maximum Gasteiger partial charge on any atom is 0.190 e. The summed E-state index contributed by atoms with van der Waals surface area (Å²) >= 11 is 1.70. The van der Waals surface area contributed by atoms with Crippen molar-refractivity contribution in [2.45, 2.75) is 39.5 Å². The number of nitrogens with one attached hydrogen (secondary N) is 2. The van der Waals surface area contributed by atoms with Gasteiger partial charge in [0.15, 0.2) is 5.96 Å². The van der Waals surface area contributed by atoms with Crippen molar-refractivity contribution < 1.29 is 0 Å². The van der Waals surface area contributed by atoms with Gasteiger partial charge >= 0.3 is 0 Å². The number of thiazole rings is 1. The van der Waals surface area contributed by atoms with E-state index in [1.807, 2.05) is 14.0 Å². The van der Waals surface area contributed by atoms with Crippen LogP contribution in [0, 0.1) is 6.92 Å². The molecule has 0 radical (unpaired) electrons. The fourth-order valence-electron chi connectivity index (χ4n) is 1.63. The highest BCUT2D eigenvalue weighted by molar-refractivity contribution is 7.09. The Morgan fingerprint density at radius 1 is 1.33 bits per heavy atom. The van der Waals surface area contributed by atoms with Crippen LogP contribution in [-0.4, -0.2) is 31.1 Å². The third-order valence-electron chi connectivity index (χ3n) is 2.64. The zero-order valence-electron chi connectivity index (χ0n) is 11.6. The van der Waals surface area contributed by atoms with Gasteiger partial charge in [0, 0.05) is 31.9 Å². The van der Waals surface area contributed by atoms with E-state index in [4.69, 9.17) is 0 Å². The Labute approximate surface area is 114 Å². The summed E-state index contributed by atoms with van der Waals surface area (Å²) in [6.45, 7) is 6.11. The van der Waals surface area contributed by atoms with Crippen LogP contribution in [0.25, 0.3) is 0 Å². The molecule has 0 unspecified atom stereocenters. The average Bonchev–Trinajstić information content (AvgIpc) is 2.78. The van der Waals surface area contributed by atoms with Crippen molar-refractivity contribution in [3.05, 3.63) is 16.1 Å². The first-order valence-electron chi connectivity index (χ1n) is 6.61. The molecule has 2 N–H and O–H groups in total. The van der Waals surface area contributed by atoms with E-state index in [9.17, 15) is 0 Å². The SMILES string of the molecule is CCCCCNC(=NC)NCCc1csc(C)n1. The Balaban J connectivity index is 2.15. The first-order chi connectivity index (χ1) is 8.76. The van der Waals surface area contributed by atoms with Crippen LogP contribution in [0.2, 0.25) is 0 Å². The van der Waals surface area contributed by atoms with Crippen LogP contribution in [0.5, 0.6) is 0 Å². The molecule has 1 aromatic heterocycles. The van der Waals surface area contributed by atoms with Crippen molar-refractivity contribution in [2.75, 3.05) is 20.1 Å². The summed E-state index contributed by atoms with van der Waals surface area (Å²) in [5.41, 5.74) is 1.16. The molecule has 0 aromatic carbocycles. The summed E-state index contributed by atoms with van der Waals surface area (Å²) in [5, 5.41) is 9.88. The van der Waals surface area contributed by atoms with E-state index in [0.29, 0.717) is 0 Å². The number of aromatic nitrogens is 1. The lowest BCUT2D eigenvalue weighted by atomic mass is 10.2. The number of unbranched alkanes of at least 4 members (excludes halogenated alkanes) is 2. The monoisotopic (exact) mass is 268 g/mol. The molecule has 1 rings (SSSR count). The zero-order valence-corrected chi connectivity index (χ0v) is 12.4. The predicted octanol–water partition coefficient (Wildman–Crippen LogP) is 2.35. The average molecular weight is 268 g/mol. The topological polar surface area (TPSA) is 49.3 Å². The number of aliphatic imine (C=N–C) groups is 1. The summed E-state index contributed by atoms with van der Waals surface area (Å²) in [6, 6.07) is 0. The predicted molar refractivity (Wildman–Crippen MR) is 79.4 cm³/mol. The Bertz CT molecular complexity index is 360.